The van der Waals surface area contributed by atoms with Crippen molar-refractivity contribution in [3.8, 4) is 0 Å². The highest BCUT2D eigenvalue weighted by atomic mass is 16.4. The average molecular weight is 240 g/mol. The second-order valence-corrected chi connectivity index (χ2v) is 4.80. The van der Waals surface area contributed by atoms with E-state index >= 15 is 0 Å². The fourth-order valence-corrected chi connectivity index (χ4v) is 1.98. The maximum Gasteiger partial charge on any atom is 0.331 e. The molecule has 0 spiro atoms. The van der Waals surface area contributed by atoms with Gasteiger partial charge in [-0.3, -0.25) is 0 Å². The van der Waals surface area contributed by atoms with Gasteiger partial charge in [0.1, 0.15) is 0 Å². The van der Waals surface area contributed by atoms with Crippen LogP contribution in [-0.2, 0) is 4.79 Å². The Balaban J connectivity index is 4.11. The predicted octanol–water partition coefficient (Wildman–Crippen LogP) is 4.94. The lowest BCUT2D eigenvalue weighted by Crippen LogP contribution is -2.02. The Labute approximate surface area is 106 Å². The molecule has 0 saturated heterocycles. The van der Waals surface area contributed by atoms with Crippen molar-refractivity contribution in [2.24, 2.45) is 0 Å². The summed E-state index contributed by atoms with van der Waals surface area (Å²) in [5.74, 6) is -0.746. The number of allylic oxidation sites excluding steroid dienone is 1. The highest BCUT2D eigenvalue weighted by Crippen LogP contribution is 2.20. The largest absolute Gasteiger partial charge is 0.478 e. The number of carboxylic acids is 1. The molecule has 0 aromatic carbocycles. The van der Waals surface area contributed by atoms with E-state index in [1.807, 2.05) is 0 Å². The van der Waals surface area contributed by atoms with Gasteiger partial charge >= 0.3 is 5.97 Å². The maximum atomic E-state index is 11.0. The number of rotatable bonds is 10. The van der Waals surface area contributed by atoms with Crippen LogP contribution in [0.1, 0.15) is 78.6 Å². The topological polar surface area (TPSA) is 37.3 Å². The first kappa shape index (κ1) is 16.2. The van der Waals surface area contributed by atoms with Gasteiger partial charge in [0.2, 0.25) is 0 Å². The molecule has 0 saturated carbocycles. The van der Waals surface area contributed by atoms with Crippen LogP contribution in [0.5, 0.6) is 0 Å². The van der Waals surface area contributed by atoms with E-state index < -0.39 is 5.97 Å². The van der Waals surface area contributed by atoms with Crippen LogP contribution in [0, 0.1) is 0 Å². The van der Waals surface area contributed by atoms with Crippen LogP contribution < -0.4 is 0 Å². The molecule has 0 aliphatic carbocycles. The number of carbonyl (C=O) groups is 1. The van der Waals surface area contributed by atoms with E-state index in [9.17, 15) is 4.79 Å². The lowest BCUT2D eigenvalue weighted by atomic mass is 9.97. The Bertz CT molecular complexity index is 241. The molecule has 0 rings (SSSR count). The summed E-state index contributed by atoms with van der Waals surface area (Å²) in [5.41, 5.74) is 1.74. The summed E-state index contributed by atoms with van der Waals surface area (Å²) < 4.78 is 0. The molecular weight excluding hydrogens is 212 g/mol. The normalized spacial score (nSPS) is 12.4. The fraction of sp³-hybridized carbons (Fsp3) is 0.800. The smallest absolute Gasteiger partial charge is 0.331 e. The van der Waals surface area contributed by atoms with E-state index in [4.69, 9.17) is 5.11 Å². The van der Waals surface area contributed by atoms with Gasteiger partial charge in [-0.05, 0) is 32.6 Å². The molecule has 0 bridgehead atoms. The van der Waals surface area contributed by atoms with Crippen LogP contribution in [0.3, 0.4) is 0 Å². The molecule has 2 nitrogen and oxygen atoms in total. The molecule has 1 N–H and O–H groups in total. The minimum Gasteiger partial charge on any atom is -0.478 e. The molecule has 0 aliphatic heterocycles. The van der Waals surface area contributed by atoms with E-state index in [1.165, 1.54) is 25.7 Å². The number of aliphatic carboxylic acids is 1. The van der Waals surface area contributed by atoms with Crippen molar-refractivity contribution in [3.63, 3.8) is 0 Å². The first-order valence-corrected chi connectivity index (χ1v) is 7.05. The van der Waals surface area contributed by atoms with Crippen molar-refractivity contribution in [1.29, 1.82) is 0 Å². The van der Waals surface area contributed by atoms with Crippen molar-refractivity contribution in [3.05, 3.63) is 11.1 Å². The molecular formula is C15H28O2. The van der Waals surface area contributed by atoms with Crippen LogP contribution in [0.25, 0.3) is 0 Å². The quantitative estimate of drug-likeness (QED) is 0.434. The predicted molar refractivity (Wildman–Crippen MR) is 73.2 cm³/mol. The second-order valence-electron chi connectivity index (χ2n) is 4.80. The molecule has 0 unspecified atom stereocenters. The second kappa shape index (κ2) is 10.4. The van der Waals surface area contributed by atoms with Gasteiger partial charge in [0.15, 0.2) is 0 Å². The summed E-state index contributed by atoms with van der Waals surface area (Å²) in [4.78, 5) is 11.0. The van der Waals surface area contributed by atoms with Crippen molar-refractivity contribution in [2.45, 2.75) is 78.6 Å². The highest BCUT2D eigenvalue weighted by Gasteiger charge is 2.08. The van der Waals surface area contributed by atoms with Gasteiger partial charge in [-0.1, -0.05) is 51.5 Å². The van der Waals surface area contributed by atoms with Crippen molar-refractivity contribution in [2.75, 3.05) is 0 Å². The first-order valence-electron chi connectivity index (χ1n) is 7.05. The zero-order valence-electron chi connectivity index (χ0n) is 11.7. The van der Waals surface area contributed by atoms with Crippen molar-refractivity contribution in [1.82, 2.24) is 0 Å². The highest BCUT2D eigenvalue weighted by molar-refractivity contribution is 5.86. The van der Waals surface area contributed by atoms with Gasteiger partial charge < -0.3 is 5.11 Å². The SMILES string of the molecule is CCCCCCC/C(CCCC)=C(/C)C(=O)O. The molecule has 2 heteroatoms. The molecule has 0 aromatic rings. The molecule has 100 valence electrons. The Morgan fingerprint density at radius 2 is 1.41 bits per heavy atom. The van der Waals surface area contributed by atoms with E-state index in [0.29, 0.717) is 5.57 Å². The van der Waals surface area contributed by atoms with Gasteiger partial charge in [0, 0.05) is 5.57 Å². The minimum absolute atomic E-state index is 0.578. The van der Waals surface area contributed by atoms with Crippen molar-refractivity contribution >= 4 is 5.97 Å². The number of carboxylic acid groups (broad SMARTS) is 1. The van der Waals surface area contributed by atoms with Crippen molar-refractivity contribution < 1.29 is 9.90 Å². The zero-order chi connectivity index (χ0) is 13.1. The van der Waals surface area contributed by atoms with Crippen LogP contribution in [0.2, 0.25) is 0 Å². The molecule has 0 heterocycles. The van der Waals surface area contributed by atoms with Gasteiger partial charge in [-0.2, -0.15) is 0 Å². The summed E-state index contributed by atoms with van der Waals surface area (Å²) in [6.07, 6.45) is 10.4. The Morgan fingerprint density at radius 1 is 0.882 bits per heavy atom. The maximum absolute atomic E-state index is 11.0. The van der Waals surface area contributed by atoms with Crippen LogP contribution in [0.15, 0.2) is 11.1 Å². The Morgan fingerprint density at radius 3 is 1.94 bits per heavy atom. The third kappa shape index (κ3) is 8.00. The Kier molecular flexibility index (Phi) is 9.89. The molecule has 17 heavy (non-hydrogen) atoms. The summed E-state index contributed by atoms with van der Waals surface area (Å²) in [6, 6.07) is 0. The standard InChI is InChI=1S/C15H28O2/c1-4-6-8-9-10-12-14(11-7-5-2)13(3)15(16)17/h4-12H2,1-3H3,(H,16,17)/b14-13-. The van der Waals surface area contributed by atoms with E-state index in [0.717, 1.165) is 37.7 Å². The summed E-state index contributed by atoms with van der Waals surface area (Å²) >= 11 is 0. The zero-order valence-corrected chi connectivity index (χ0v) is 11.7. The van der Waals surface area contributed by atoms with E-state index in [-0.39, 0.29) is 0 Å². The number of hydrogen-bond donors (Lipinski definition) is 1. The molecule has 0 aromatic heterocycles. The average Bonchev–Trinajstić information content (AvgIpc) is 2.31. The van der Waals surface area contributed by atoms with Gasteiger partial charge in [0.05, 0.1) is 0 Å². The first-order chi connectivity index (χ1) is 8.13. The van der Waals surface area contributed by atoms with Gasteiger partial charge in [-0.15, -0.1) is 0 Å². The molecule has 0 fully saturated rings. The lowest BCUT2D eigenvalue weighted by Gasteiger charge is -2.09. The third-order valence-corrected chi connectivity index (χ3v) is 3.27. The lowest BCUT2D eigenvalue weighted by molar-refractivity contribution is -0.132. The fourth-order valence-electron chi connectivity index (χ4n) is 1.98. The number of unbranched alkanes of at least 4 members (excludes halogenated alkanes) is 5. The minimum atomic E-state index is -0.746. The van der Waals surface area contributed by atoms with E-state index in [1.54, 1.807) is 6.92 Å². The van der Waals surface area contributed by atoms with E-state index in [2.05, 4.69) is 13.8 Å². The summed E-state index contributed by atoms with van der Waals surface area (Å²) in [7, 11) is 0. The van der Waals surface area contributed by atoms with Gasteiger partial charge in [-0.25, -0.2) is 4.79 Å². The molecule has 0 amide bonds. The van der Waals surface area contributed by atoms with Crippen LogP contribution in [-0.4, -0.2) is 11.1 Å². The molecule has 0 aliphatic rings. The van der Waals surface area contributed by atoms with Crippen LogP contribution in [0.4, 0.5) is 0 Å². The summed E-state index contributed by atoms with van der Waals surface area (Å²) in [6.45, 7) is 6.11. The molecule has 0 radical (unpaired) electrons. The van der Waals surface area contributed by atoms with Gasteiger partial charge in [0.25, 0.3) is 0 Å². The van der Waals surface area contributed by atoms with Crippen LogP contribution >= 0.6 is 0 Å². The summed E-state index contributed by atoms with van der Waals surface area (Å²) in [5, 5.41) is 9.03. The Hall–Kier alpha value is -0.790. The third-order valence-electron chi connectivity index (χ3n) is 3.27. The molecule has 0 atom stereocenters. The number of hydrogen-bond acceptors (Lipinski definition) is 1. The monoisotopic (exact) mass is 240 g/mol.